The molecule has 0 heterocycles. The monoisotopic (exact) mass is 275 g/mol. The van der Waals surface area contributed by atoms with Crippen molar-refractivity contribution in [1.29, 1.82) is 0 Å². The van der Waals surface area contributed by atoms with E-state index in [0.717, 1.165) is 30.0 Å². The Bertz CT molecular complexity index is 501. The van der Waals surface area contributed by atoms with Gasteiger partial charge in [-0.2, -0.15) is 0 Å². The zero-order chi connectivity index (χ0) is 13.5. The topological polar surface area (TPSA) is 21.3 Å². The molecule has 0 aromatic heterocycles. The molecule has 2 aromatic rings. The van der Waals surface area contributed by atoms with E-state index in [1.807, 2.05) is 48.5 Å². The molecule has 0 saturated carbocycles. The molecule has 1 unspecified atom stereocenters. The number of para-hydroxylation sites is 1. The molecule has 1 N–H and O–H groups in total. The fourth-order valence-electron chi connectivity index (χ4n) is 1.96. The van der Waals surface area contributed by atoms with Gasteiger partial charge in [-0.15, -0.1) is 11.6 Å². The number of rotatable bonds is 6. The van der Waals surface area contributed by atoms with Crippen LogP contribution in [0.15, 0.2) is 54.6 Å². The van der Waals surface area contributed by atoms with Gasteiger partial charge in [-0.3, -0.25) is 0 Å². The second-order valence-corrected chi connectivity index (χ2v) is 4.85. The summed E-state index contributed by atoms with van der Waals surface area (Å²) in [6.07, 6.45) is 0. The smallest absolute Gasteiger partial charge is 0.123 e. The van der Waals surface area contributed by atoms with Gasteiger partial charge in [0.25, 0.3) is 0 Å². The largest absolute Gasteiger partial charge is 0.496 e. The first kappa shape index (κ1) is 13.9. The molecule has 0 radical (unpaired) electrons. The van der Waals surface area contributed by atoms with Gasteiger partial charge in [0.05, 0.1) is 12.5 Å². The van der Waals surface area contributed by atoms with Crippen molar-refractivity contribution >= 4 is 11.6 Å². The number of alkyl halides is 1. The van der Waals surface area contributed by atoms with E-state index >= 15 is 0 Å². The van der Waals surface area contributed by atoms with Gasteiger partial charge in [-0.1, -0.05) is 48.5 Å². The molecule has 0 aliphatic rings. The maximum Gasteiger partial charge on any atom is 0.123 e. The molecule has 0 saturated heterocycles. The Labute approximate surface area is 119 Å². The summed E-state index contributed by atoms with van der Waals surface area (Å²) in [4.78, 5) is 0. The minimum atomic E-state index is -0.0177. The second kappa shape index (κ2) is 7.17. The molecule has 0 fully saturated rings. The number of methoxy groups -OCH3 is 1. The average Bonchev–Trinajstić information content (AvgIpc) is 2.48. The van der Waals surface area contributed by atoms with Gasteiger partial charge in [0.1, 0.15) is 5.75 Å². The normalized spacial score (nSPS) is 12.1. The van der Waals surface area contributed by atoms with Crippen LogP contribution in [-0.4, -0.2) is 13.7 Å². The third-order valence-electron chi connectivity index (χ3n) is 2.99. The molecule has 2 aromatic carbocycles. The highest BCUT2D eigenvalue weighted by Gasteiger charge is 2.07. The maximum absolute atomic E-state index is 6.35. The lowest BCUT2D eigenvalue weighted by Crippen LogP contribution is -2.18. The van der Waals surface area contributed by atoms with Crippen LogP contribution in [0.4, 0.5) is 0 Å². The summed E-state index contributed by atoms with van der Waals surface area (Å²) < 4.78 is 5.31. The maximum atomic E-state index is 6.35. The Kier molecular flexibility index (Phi) is 5.25. The van der Waals surface area contributed by atoms with Gasteiger partial charge < -0.3 is 10.1 Å². The molecule has 100 valence electrons. The van der Waals surface area contributed by atoms with Gasteiger partial charge in [0.15, 0.2) is 0 Å². The summed E-state index contributed by atoms with van der Waals surface area (Å²) in [5, 5.41) is 3.35. The number of nitrogens with one attached hydrogen (secondary N) is 1. The van der Waals surface area contributed by atoms with Crippen molar-refractivity contribution in [1.82, 2.24) is 5.32 Å². The first-order valence-corrected chi connectivity index (χ1v) is 6.76. The van der Waals surface area contributed by atoms with Crippen molar-refractivity contribution in [3.05, 3.63) is 65.7 Å². The highest BCUT2D eigenvalue weighted by molar-refractivity contribution is 6.21. The van der Waals surface area contributed by atoms with E-state index in [4.69, 9.17) is 16.3 Å². The van der Waals surface area contributed by atoms with Gasteiger partial charge >= 0.3 is 0 Å². The van der Waals surface area contributed by atoms with Crippen LogP contribution in [0, 0.1) is 0 Å². The Morgan fingerprint density at radius 2 is 1.74 bits per heavy atom. The number of hydrogen-bond acceptors (Lipinski definition) is 2. The zero-order valence-electron chi connectivity index (χ0n) is 11.0. The fraction of sp³-hybridized carbons (Fsp3) is 0.250. The lowest BCUT2D eigenvalue weighted by molar-refractivity contribution is 0.407. The number of benzene rings is 2. The van der Waals surface area contributed by atoms with Crippen LogP contribution in [0.5, 0.6) is 5.75 Å². The van der Waals surface area contributed by atoms with E-state index < -0.39 is 0 Å². The van der Waals surface area contributed by atoms with Gasteiger partial charge in [0, 0.05) is 18.7 Å². The molecule has 0 amide bonds. The van der Waals surface area contributed by atoms with E-state index in [9.17, 15) is 0 Å². The molecule has 2 nitrogen and oxygen atoms in total. The Morgan fingerprint density at radius 1 is 1.05 bits per heavy atom. The standard InChI is InChI=1S/C16H18ClNO/c1-19-16-10-6-5-9-14(16)11-18-12-15(17)13-7-3-2-4-8-13/h2-10,15,18H,11-12H2,1H3. The first-order valence-electron chi connectivity index (χ1n) is 6.33. The zero-order valence-corrected chi connectivity index (χ0v) is 11.7. The molecule has 0 aliphatic carbocycles. The van der Waals surface area contributed by atoms with Gasteiger partial charge in [-0.25, -0.2) is 0 Å². The average molecular weight is 276 g/mol. The Balaban J connectivity index is 1.87. The third-order valence-corrected chi connectivity index (χ3v) is 3.40. The first-order chi connectivity index (χ1) is 9.31. The SMILES string of the molecule is COc1ccccc1CNCC(Cl)c1ccccc1. The lowest BCUT2D eigenvalue weighted by atomic mass is 10.1. The van der Waals surface area contributed by atoms with Gasteiger partial charge in [-0.05, 0) is 11.6 Å². The Hall–Kier alpha value is -1.51. The van der Waals surface area contributed by atoms with E-state index in [-0.39, 0.29) is 5.38 Å². The molecular weight excluding hydrogens is 258 g/mol. The van der Waals surface area contributed by atoms with Crippen molar-refractivity contribution < 1.29 is 4.74 Å². The number of halogens is 1. The van der Waals surface area contributed by atoms with Crippen molar-refractivity contribution in [3.8, 4) is 5.75 Å². The Morgan fingerprint density at radius 3 is 2.47 bits per heavy atom. The predicted octanol–water partition coefficient (Wildman–Crippen LogP) is 3.76. The van der Waals surface area contributed by atoms with Gasteiger partial charge in [0.2, 0.25) is 0 Å². The minimum absolute atomic E-state index is 0.0177. The van der Waals surface area contributed by atoms with Crippen molar-refractivity contribution in [2.45, 2.75) is 11.9 Å². The van der Waals surface area contributed by atoms with Crippen LogP contribution in [-0.2, 0) is 6.54 Å². The van der Waals surface area contributed by atoms with Crippen LogP contribution < -0.4 is 10.1 Å². The molecule has 0 aliphatic heterocycles. The van der Waals surface area contributed by atoms with Crippen LogP contribution in [0.25, 0.3) is 0 Å². The van der Waals surface area contributed by atoms with Crippen molar-refractivity contribution in [2.24, 2.45) is 0 Å². The second-order valence-electron chi connectivity index (χ2n) is 4.32. The van der Waals surface area contributed by atoms with Crippen LogP contribution in [0.2, 0.25) is 0 Å². The van der Waals surface area contributed by atoms with Crippen LogP contribution >= 0.6 is 11.6 Å². The minimum Gasteiger partial charge on any atom is -0.496 e. The summed E-state index contributed by atoms with van der Waals surface area (Å²) in [6, 6.07) is 18.1. The summed E-state index contributed by atoms with van der Waals surface area (Å²) in [5.74, 6) is 0.904. The van der Waals surface area contributed by atoms with Crippen LogP contribution in [0.1, 0.15) is 16.5 Å². The van der Waals surface area contributed by atoms with E-state index in [1.54, 1.807) is 7.11 Å². The fourth-order valence-corrected chi connectivity index (χ4v) is 2.22. The lowest BCUT2D eigenvalue weighted by Gasteiger charge is -2.13. The summed E-state index contributed by atoms with van der Waals surface area (Å²) >= 11 is 6.35. The number of hydrogen-bond donors (Lipinski definition) is 1. The molecule has 2 rings (SSSR count). The molecular formula is C16H18ClNO. The summed E-state index contributed by atoms with van der Waals surface area (Å²) in [6.45, 7) is 1.48. The van der Waals surface area contributed by atoms with Crippen molar-refractivity contribution in [3.63, 3.8) is 0 Å². The molecule has 19 heavy (non-hydrogen) atoms. The predicted molar refractivity (Wildman–Crippen MR) is 79.7 cm³/mol. The van der Waals surface area contributed by atoms with E-state index in [0.29, 0.717) is 0 Å². The number of ether oxygens (including phenoxy) is 1. The summed E-state index contributed by atoms with van der Waals surface area (Å²) in [5.41, 5.74) is 2.28. The van der Waals surface area contributed by atoms with E-state index in [1.165, 1.54) is 0 Å². The highest BCUT2D eigenvalue weighted by Crippen LogP contribution is 2.20. The molecule has 3 heteroatoms. The quantitative estimate of drug-likeness (QED) is 0.811. The van der Waals surface area contributed by atoms with Crippen LogP contribution in [0.3, 0.4) is 0 Å². The molecule has 1 atom stereocenters. The van der Waals surface area contributed by atoms with E-state index in [2.05, 4.69) is 11.4 Å². The highest BCUT2D eigenvalue weighted by atomic mass is 35.5. The molecule has 0 spiro atoms. The summed E-state index contributed by atoms with van der Waals surface area (Å²) in [7, 11) is 1.69. The molecule has 0 bridgehead atoms. The third kappa shape index (κ3) is 3.98. The van der Waals surface area contributed by atoms with Crippen molar-refractivity contribution in [2.75, 3.05) is 13.7 Å².